The molecule has 0 aliphatic heterocycles. The summed E-state index contributed by atoms with van der Waals surface area (Å²) in [5.41, 5.74) is 1.00. The highest BCUT2D eigenvalue weighted by Gasteiger charge is 2.17. The number of hydrogen-bond donors (Lipinski definition) is 2. The molecule has 1 heterocycles. The van der Waals surface area contributed by atoms with Crippen LogP contribution in [-0.2, 0) is 16.0 Å². The van der Waals surface area contributed by atoms with Gasteiger partial charge in [-0.2, -0.15) is 0 Å². The summed E-state index contributed by atoms with van der Waals surface area (Å²) in [6.45, 7) is 2.15. The summed E-state index contributed by atoms with van der Waals surface area (Å²) in [6, 6.07) is 7.99. The minimum atomic E-state index is -0.846. The number of nitrogens with one attached hydrogen (secondary N) is 1. The Morgan fingerprint density at radius 3 is 2.83 bits per heavy atom. The largest absolute Gasteiger partial charge is 0.481 e. The maximum Gasteiger partial charge on any atom is 0.308 e. The molecule has 0 saturated heterocycles. The van der Waals surface area contributed by atoms with Crippen molar-refractivity contribution in [3.05, 3.63) is 29.3 Å². The number of benzene rings is 1. The van der Waals surface area contributed by atoms with E-state index in [4.69, 9.17) is 5.11 Å². The number of hydrogen-bond acceptors (Lipinski definition) is 4. The van der Waals surface area contributed by atoms with Crippen molar-refractivity contribution in [3.63, 3.8) is 0 Å². The number of carbonyl (C=O) groups is 2. The van der Waals surface area contributed by atoms with Crippen molar-refractivity contribution >= 4 is 33.4 Å². The Balaban J connectivity index is 1.73. The number of para-hydroxylation sites is 1. The molecule has 1 amide bonds. The first-order valence-electron chi connectivity index (χ1n) is 7.94. The molecule has 1 unspecified atom stereocenters. The summed E-state index contributed by atoms with van der Waals surface area (Å²) < 4.78 is 1.16. The Morgan fingerprint density at radius 2 is 2.13 bits per heavy atom. The lowest BCUT2D eigenvalue weighted by Gasteiger charge is -2.12. The van der Waals surface area contributed by atoms with E-state index in [1.54, 1.807) is 11.3 Å². The lowest BCUT2D eigenvalue weighted by molar-refractivity contribution is -0.141. The van der Waals surface area contributed by atoms with E-state index >= 15 is 0 Å². The number of nitrogens with zero attached hydrogens (tertiary/aromatic N) is 1. The summed E-state index contributed by atoms with van der Waals surface area (Å²) in [6.07, 6.45) is 3.27. The van der Waals surface area contributed by atoms with Crippen LogP contribution in [0.4, 0.5) is 0 Å². The molecule has 2 rings (SSSR count). The Bertz CT molecular complexity index is 636. The Hall–Kier alpha value is -1.95. The second-order valence-corrected chi connectivity index (χ2v) is 6.67. The van der Waals surface area contributed by atoms with Gasteiger partial charge in [0.25, 0.3) is 0 Å². The average Bonchev–Trinajstić information content (AvgIpc) is 2.93. The van der Waals surface area contributed by atoms with Gasteiger partial charge in [0.15, 0.2) is 0 Å². The minimum absolute atomic E-state index is 0.0894. The molecule has 0 saturated carbocycles. The number of carboxylic acids is 1. The number of rotatable bonds is 9. The van der Waals surface area contributed by atoms with Crippen LogP contribution in [0, 0.1) is 5.92 Å². The zero-order valence-electron chi connectivity index (χ0n) is 13.2. The molecule has 23 heavy (non-hydrogen) atoms. The van der Waals surface area contributed by atoms with E-state index in [0.717, 1.165) is 34.5 Å². The molecule has 6 heteroatoms. The van der Waals surface area contributed by atoms with E-state index in [1.807, 2.05) is 31.2 Å². The van der Waals surface area contributed by atoms with Crippen LogP contribution < -0.4 is 5.32 Å². The van der Waals surface area contributed by atoms with E-state index in [2.05, 4.69) is 10.3 Å². The van der Waals surface area contributed by atoms with Crippen molar-refractivity contribution in [1.29, 1.82) is 0 Å². The molecule has 0 spiro atoms. The van der Waals surface area contributed by atoms with Crippen LogP contribution in [0.1, 0.15) is 37.6 Å². The Labute approximate surface area is 139 Å². The predicted molar refractivity (Wildman–Crippen MR) is 91.6 cm³/mol. The van der Waals surface area contributed by atoms with Crippen LogP contribution in [0.25, 0.3) is 10.2 Å². The van der Waals surface area contributed by atoms with Gasteiger partial charge in [-0.1, -0.05) is 25.5 Å². The molecule has 0 bridgehead atoms. The van der Waals surface area contributed by atoms with E-state index in [0.29, 0.717) is 12.8 Å². The third-order valence-electron chi connectivity index (χ3n) is 3.66. The lowest BCUT2D eigenvalue weighted by atomic mass is 10.0. The van der Waals surface area contributed by atoms with Crippen LogP contribution in [0.15, 0.2) is 24.3 Å². The SMILES string of the molecule is CCCC(CNC(=O)CCCc1nc2ccccc2s1)C(=O)O. The highest BCUT2D eigenvalue weighted by atomic mass is 32.1. The highest BCUT2D eigenvalue weighted by molar-refractivity contribution is 7.18. The van der Waals surface area contributed by atoms with E-state index in [1.165, 1.54) is 0 Å². The van der Waals surface area contributed by atoms with Crippen molar-refractivity contribution in [3.8, 4) is 0 Å². The lowest BCUT2D eigenvalue weighted by Crippen LogP contribution is -2.32. The standard InChI is InChI=1S/C17H22N2O3S/c1-2-6-12(17(21)22)11-18-15(20)9-5-10-16-19-13-7-3-4-8-14(13)23-16/h3-4,7-8,12H,2,5-6,9-11H2,1H3,(H,18,20)(H,21,22). The van der Waals surface area contributed by atoms with Crippen LogP contribution in [0.3, 0.4) is 0 Å². The first-order chi connectivity index (χ1) is 11.1. The fraction of sp³-hybridized carbons (Fsp3) is 0.471. The second-order valence-electron chi connectivity index (χ2n) is 5.56. The number of amides is 1. The van der Waals surface area contributed by atoms with Crippen LogP contribution in [0.2, 0.25) is 0 Å². The molecule has 0 radical (unpaired) electrons. The molecule has 1 aromatic heterocycles. The van der Waals surface area contributed by atoms with E-state index < -0.39 is 11.9 Å². The highest BCUT2D eigenvalue weighted by Crippen LogP contribution is 2.22. The zero-order valence-corrected chi connectivity index (χ0v) is 14.1. The molecule has 0 aliphatic rings. The molecule has 124 valence electrons. The minimum Gasteiger partial charge on any atom is -0.481 e. The Morgan fingerprint density at radius 1 is 1.35 bits per heavy atom. The number of aryl methyl sites for hydroxylation is 1. The number of fused-ring (bicyclic) bond motifs is 1. The summed E-state index contributed by atoms with van der Waals surface area (Å²) in [5.74, 6) is -1.43. The molecular weight excluding hydrogens is 312 g/mol. The van der Waals surface area contributed by atoms with Gasteiger partial charge in [0.05, 0.1) is 21.1 Å². The van der Waals surface area contributed by atoms with Gasteiger partial charge in [0.1, 0.15) is 0 Å². The van der Waals surface area contributed by atoms with Crippen LogP contribution in [-0.4, -0.2) is 28.5 Å². The first-order valence-corrected chi connectivity index (χ1v) is 8.75. The number of aromatic nitrogens is 1. The molecule has 0 fully saturated rings. The fourth-order valence-electron chi connectivity index (χ4n) is 2.41. The normalized spacial score (nSPS) is 12.2. The molecule has 1 atom stereocenters. The van der Waals surface area contributed by atoms with Gasteiger partial charge >= 0.3 is 5.97 Å². The predicted octanol–water partition coefficient (Wildman–Crippen LogP) is 3.24. The van der Waals surface area contributed by atoms with Gasteiger partial charge in [-0.3, -0.25) is 9.59 Å². The third-order valence-corrected chi connectivity index (χ3v) is 4.76. The maximum atomic E-state index is 11.8. The van der Waals surface area contributed by atoms with Gasteiger partial charge in [0.2, 0.25) is 5.91 Å². The van der Waals surface area contributed by atoms with Gasteiger partial charge in [-0.15, -0.1) is 11.3 Å². The van der Waals surface area contributed by atoms with Crippen molar-refractivity contribution in [1.82, 2.24) is 10.3 Å². The fourth-order valence-corrected chi connectivity index (χ4v) is 3.42. The van der Waals surface area contributed by atoms with E-state index in [-0.39, 0.29) is 12.5 Å². The first kappa shape index (κ1) is 17.4. The second kappa shape index (κ2) is 8.62. The third kappa shape index (κ3) is 5.32. The number of carbonyl (C=O) groups excluding carboxylic acids is 1. The quantitative estimate of drug-likeness (QED) is 0.738. The molecular formula is C17H22N2O3S. The molecule has 2 N–H and O–H groups in total. The van der Waals surface area contributed by atoms with E-state index in [9.17, 15) is 9.59 Å². The van der Waals surface area contributed by atoms with Gasteiger partial charge < -0.3 is 10.4 Å². The monoisotopic (exact) mass is 334 g/mol. The smallest absolute Gasteiger partial charge is 0.308 e. The topological polar surface area (TPSA) is 79.3 Å². The molecule has 0 aliphatic carbocycles. The summed E-state index contributed by atoms with van der Waals surface area (Å²) >= 11 is 1.66. The van der Waals surface area contributed by atoms with Gasteiger partial charge in [-0.05, 0) is 31.4 Å². The van der Waals surface area contributed by atoms with Crippen molar-refractivity contribution in [2.45, 2.75) is 39.0 Å². The summed E-state index contributed by atoms with van der Waals surface area (Å²) in [5, 5.41) is 12.8. The number of carboxylic acid groups (broad SMARTS) is 1. The van der Waals surface area contributed by atoms with Crippen molar-refractivity contribution in [2.24, 2.45) is 5.92 Å². The van der Waals surface area contributed by atoms with Crippen molar-refractivity contribution in [2.75, 3.05) is 6.54 Å². The molecule has 1 aromatic carbocycles. The van der Waals surface area contributed by atoms with Crippen LogP contribution in [0.5, 0.6) is 0 Å². The molecule has 5 nitrogen and oxygen atoms in total. The average molecular weight is 334 g/mol. The number of thiazole rings is 1. The number of aliphatic carboxylic acids is 1. The van der Waals surface area contributed by atoms with Crippen LogP contribution >= 0.6 is 11.3 Å². The van der Waals surface area contributed by atoms with Gasteiger partial charge in [0, 0.05) is 13.0 Å². The summed E-state index contributed by atoms with van der Waals surface area (Å²) in [7, 11) is 0. The zero-order chi connectivity index (χ0) is 16.7. The van der Waals surface area contributed by atoms with Gasteiger partial charge in [-0.25, -0.2) is 4.98 Å². The molecule has 2 aromatic rings. The Kier molecular flexibility index (Phi) is 6.52. The maximum absolute atomic E-state index is 11.8. The summed E-state index contributed by atoms with van der Waals surface area (Å²) in [4.78, 5) is 27.4. The van der Waals surface area contributed by atoms with Crippen molar-refractivity contribution < 1.29 is 14.7 Å².